The third-order valence-electron chi connectivity index (χ3n) is 3.21. The number of ether oxygens (including phenoxy) is 2. The Morgan fingerprint density at radius 1 is 1.18 bits per heavy atom. The van der Waals surface area contributed by atoms with Crippen molar-refractivity contribution in [3.8, 4) is 0 Å². The summed E-state index contributed by atoms with van der Waals surface area (Å²) in [5.74, 6) is -0.382. The molecule has 0 spiro atoms. The first-order valence-electron chi connectivity index (χ1n) is 6.05. The van der Waals surface area contributed by atoms with Crippen LogP contribution in [0, 0.1) is 0 Å². The lowest BCUT2D eigenvalue weighted by atomic mass is 9.99. The third kappa shape index (κ3) is 4.73. The largest absolute Gasteiger partial charge is 0.469 e. The maximum atomic E-state index is 11.3. The Hall–Kier alpha value is -1.10. The first-order chi connectivity index (χ1) is 8.17. The van der Waals surface area contributed by atoms with Gasteiger partial charge in [-0.05, 0) is 19.4 Å². The highest BCUT2D eigenvalue weighted by atomic mass is 16.5. The van der Waals surface area contributed by atoms with Crippen molar-refractivity contribution in [3.05, 3.63) is 0 Å². The topological polar surface area (TPSA) is 55.8 Å². The molecule has 5 heteroatoms. The Labute approximate surface area is 102 Å². The van der Waals surface area contributed by atoms with E-state index in [1.807, 2.05) is 0 Å². The van der Waals surface area contributed by atoms with Crippen LogP contribution >= 0.6 is 0 Å². The normalized spacial score (nSPS) is 20.9. The monoisotopic (exact) mass is 243 g/mol. The highest BCUT2D eigenvalue weighted by Crippen LogP contribution is 2.20. The molecule has 0 saturated carbocycles. The second kappa shape index (κ2) is 7.27. The average Bonchev–Trinajstić information content (AvgIpc) is 2.37. The second-order valence-electron chi connectivity index (χ2n) is 4.29. The predicted molar refractivity (Wildman–Crippen MR) is 62.5 cm³/mol. The Balaban J connectivity index is 2.42. The molecule has 0 aliphatic carbocycles. The Kier molecular flexibility index (Phi) is 5.97. The maximum Gasteiger partial charge on any atom is 0.307 e. The lowest BCUT2D eigenvalue weighted by molar-refractivity contribution is -0.142. The van der Waals surface area contributed by atoms with Gasteiger partial charge in [-0.15, -0.1) is 0 Å². The summed E-state index contributed by atoms with van der Waals surface area (Å²) in [5, 5.41) is 0. The van der Waals surface area contributed by atoms with Gasteiger partial charge in [0.25, 0.3) is 0 Å². The molecule has 0 aromatic carbocycles. The van der Waals surface area contributed by atoms with Crippen LogP contribution in [-0.4, -0.2) is 50.2 Å². The number of methoxy groups -OCH3 is 2. The number of hydrogen-bond donors (Lipinski definition) is 0. The summed E-state index contributed by atoms with van der Waals surface area (Å²) >= 11 is 0. The van der Waals surface area contributed by atoms with Gasteiger partial charge in [0.15, 0.2) is 0 Å². The van der Waals surface area contributed by atoms with Crippen molar-refractivity contribution >= 4 is 11.9 Å². The molecule has 1 unspecified atom stereocenters. The summed E-state index contributed by atoms with van der Waals surface area (Å²) in [5.41, 5.74) is 0. The molecule has 1 saturated heterocycles. The van der Waals surface area contributed by atoms with Crippen molar-refractivity contribution < 1.29 is 19.1 Å². The molecule has 0 amide bonds. The van der Waals surface area contributed by atoms with Gasteiger partial charge in [0.1, 0.15) is 0 Å². The van der Waals surface area contributed by atoms with E-state index >= 15 is 0 Å². The van der Waals surface area contributed by atoms with E-state index in [0.29, 0.717) is 19.4 Å². The fraction of sp³-hybridized carbons (Fsp3) is 0.833. The summed E-state index contributed by atoms with van der Waals surface area (Å²) in [6.07, 6.45) is 4.05. The molecular formula is C12H21NO4. The summed E-state index contributed by atoms with van der Waals surface area (Å²) in [6.45, 7) is 1.60. The molecule has 0 aromatic heterocycles. The van der Waals surface area contributed by atoms with Crippen LogP contribution in [0.1, 0.15) is 32.1 Å². The molecule has 0 bridgehead atoms. The molecule has 0 N–H and O–H groups in total. The number of carbonyl (C=O) groups is 2. The van der Waals surface area contributed by atoms with Gasteiger partial charge in [-0.1, -0.05) is 6.42 Å². The van der Waals surface area contributed by atoms with Gasteiger partial charge in [0, 0.05) is 12.6 Å². The highest BCUT2D eigenvalue weighted by molar-refractivity contribution is 5.70. The zero-order valence-electron chi connectivity index (χ0n) is 10.6. The first kappa shape index (κ1) is 14.0. The number of hydrogen-bond acceptors (Lipinski definition) is 5. The number of carbonyl (C=O) groups excluding carboxylic acids is 2. The standard InChI is InChI=1S/C12H21NO4/c1-16-11(14)6-8-13-7-4-3-5-10(13)9-12(15)17-2/h10H,3-9H2,1-2H3. The lowest BCUT2D eigenvalue weighted by Crippen LogP contribution is -2.42. The molecule has 98 valence electrons. The average molecular weight is 243 g/mol. The number of rotatable bonds is 5. The van der Waals surface area contributed by atoms with Gasteiger partial charge in [-0.3, -0.25) is 14.5 Å². The summed E-state index contributed by atoms with van der Waals surface area (Å²) in [7, 11) is 2.80. The van der Waals surface area contributed by atoms with E-state index in [1.165, 1.54) is 14.2 Å². The van der Waals surface area contributed by atoms with Gasteiger partial charge < -0.3 is 9.47 Å². The summed E-state index contributed by atoms with van der Waals surface area (Å²) in [6, 6.07) is 0.209. The quantitative estimate of drug-likeness (QED) is 0.673. The molecular weight excluding hydrogens is 222 g/mol. The maximum absolute atomic E-state index is 11.3. The van der Waals surface area contributed by atoms with E-state index in [0.717, 1.165) is 25.8 Å². The second-order valence-corrected chi connectivity index (χ2v) is 4.29. The molecule has 1 heterocycles. The molecule has 1 aliphatic rings. The fourth-order valence-electron chi connectivity index (χ4n) is 2.20. The van der Waals surface area contributed by atoms with Gasteiger partial charge in [-0.25, -0.2) is 0 Å². The van der Waals surface area contributed by atoms with Crippen LogP contribution in [0.3, 0.4) is 0 Å². The lowest BCUT2D eigenvalue weighted by Gasteiger charge is -2.34. The van der Waals surface area contributed by atoms with Gasteiger partial charge in [0.05, 0.1) is 27.1 Å². The Morgan fingerprint density at radius 2 is 1.88 bits per heavy atom. The number of likely N-dealkylation sites (tertiary alicyclic amines) is 1. The number of piperidine rings is 1. The molecule has 1 aliphatic heterocycles. The Morgan fingerprint density at radius 3 is 2.53 bits per heavy atom. The van der Waals surface area contributed by atoms with Crippen molar-refractivity contribution in [3.63, 3.8) is 0 Å². The zero-order chi connectivity index (χ0) is 12.7. The molecule has 0 radical (unpaired) electrons. The van der Waals surface area contributed by atoms with Crippen molar-refractivity contribution in [2.75, 3.05) is 27.3 Å². The molecule has 1 atom stereocenters. The molecule has 17 heavy (non-hydrogen) atoms. The SMILES string of the molecule is COC(=O)CCN1CCCCC1CC(=O)OC. The number of esters is 2. The predicted octanol–water partition coefficient (Wildman–Crippen LogP) is 0.967. The summed E-state index contributed by atoms with van der Waals surface area (Å²) in [4.78, 5) is 24.6. The smallest absolute Gasteiger partial charge is 0.307 e. The van der Waals surface area contributed by atoms with E-state index in [9.17, 15) is 9.59 Å². The number of nitrogens with zero attached hydrogens (tertiary/aromatic N) is 1. The van der Waals surface area contributed by atoms with Crippen molar-refractivity contribution in [2.24, 2.45) is 0 Å². The van der Waals surface area contributed by atoms with E-state index in [2.05, 4.69) is 9.64 Å². The molecule has 1 rings (SSSR count). The van der Waals surface area contributed by atoms with Crippen LogP contribution in [0.15, 0.2) is 0 Å². The van der Waals surface area contributed by atoms with E-state index in [-0.39, 0.29) is 18.0 Å². The Bertz CT molecular complexity index is 267. The van der Waals surface area contributed by atoms with Crippen molar-refractivity contribution in [1.82, 2.24) is 4.90 Å². The van der Waals surface area contributed by atoms with Gasteiger partial charge in [0.2, 0.25) is 0 Å². The molecule has 0 aromatic rings. The first-order valence-corrected chi connectivity index (χ1v) is 6.05. The van der Waals surface area contributed by atoms with Crippen LogP contribution in [0.25, 0.3) is 0 Å². The third-order valence-corrected chi connectivity index (χ3v) is 3.21. The van der Waals surface area contributed by atoms with Gasteiger partial charge in [-0.2, -0.15) is 0 Å². The van der Waals surface area contributed by atoms with Crippen LogP contribution in [-0.2, 0) is 19.1 Å². The van der Waals surface area contributed by atoms with Crippen molar-refractivity contribution in [2.45, 2.75) is 38.1 Å². The summed E-state index contributed by atoms with van der Waals surface area (Å²) < 4.78 is 9.31. The fourth-order valence-corrected chi connectivity index (χ4v) is 2.20. The van der Waals surface area contributed by atoms with Crippen LogP contribution in [0.2, 0.25) is 0 Å². The minimum absolute atomic E-state index is 0.181. The van der Waals surface area contributed by atoms with E-state index < -0.39 is 0 Å². The van der Waals surface area contributed by atoms with Crippen LogP contribution < -0.4 is 0 Å². The van der Waals surface area contributed by atoms with Crippen LogP contribution in [0.5, 0.6) is 0 Å². The molecule has 5 nitrogen and oxygen atoms in total. The minimum Gasteiger partial charge on any atom is -0.469 e. The molecule has 1 fully saturated rings. The highest BCUT2D eigenvalue weighted by Gasteiger charge is 2.25. The van der Waals surface area contributed by atoms with Crippen LogP contribution in [0.4, 0.5) is 0 Å². The zero-order valence-corrected chi connectivity index (χ0v) is 10.6. The van der Waals surface area contributed by atoms with E-state index in [4.69, 9.17) is 4.74 Å². The van der Waals surface area contributed by atoms with Gasteiger partial charge >= 0.3 is 11.9 Å². The van der Waals surface area contributed by atoms with Crippen molar-refractivity contribution in [1.29, 1.82) is 0 Å². The van der Waals surface area contributed by atoms with E-state index in [1.54, 1.807) is 0 Å². The minimum atomic E-state index is -0.201.